The second-order valence-corrected chi connectivity index (χ2v) is 8.35. The lowest BCUT2D eigenvalue weighted by molar-refractivity contribution is -0.125. The summed E-state index contributed by atoms with van der Waals surface area (Å²) >= 11 is 4.62. The molecule has 1 aliphatic carbocycles. The van der Waals surface area contributed by atoms with Gasteiger partial charge in [0, 0.05) is 0 Å². The van der Waals surface area contributed by atoms with Crippen molar-refractivity contribution >= 4 is 18.5 Å². The van der Waals surface area contributed by atoms with E-state index in [1.807, 2.05) is 0 Å². The summed E-state index contributed by atoms with van der Waals surface area (Å²) < 4.78 is 0. The highest BCUT2D eigenvalue weighted by Crippen LogP contribution is 2.46. The Morgan fingerprint density at radius 1 is 1.26 bits per heavy atom. The molecule has 0 aromatic heterocycles. The number of unbranched alkanes of at least 4 members (excludes halogenated alkanes) is 3. The van der Waals surface area contributed by atoms with E-state index in [0.29, 0.717) is 6.42 Å². The van der Waals surface area contributed by atoms with Crippen LogP contribution in [0.1, 0.15) is 78.1 Å². The molecular weight excluding hydrogens is 310 g/mol. The van der Waals surface area contributed by atoms with E-state index in [4.69, 9.17) is 0 Å². The Bertz CT molecular complexity index is 409. The van der Waals surface area contributed by atoms with Crippen LogP contribution in [-0.2, 0) is 4.79 Å². The minimum atomic E-state index is -1.34. The average Bonchev–Trinajstić information content (AvgIpc) is 2.71. The Hall–Kier alpha value is -0.260. The normalized spacial score (nSPS) is 36.9. The predicted molar refractivity (Wildman–Crippen MR) is 95.3 cm³/mol. The van der Waals surface area contributed by atoms with Gasteiger partial charge in [-0.2, -0.15) is 0 Å². The third kappa shape index (κ3) is 3.72. The molecule has 0 radical (unpaired) electrons. The zero-order chi connectivity index (χ0) is 17.1. The van der Waals surface area contributed by atoms with Crippen molar-refractivity contribution < 1.29 is 15.0 Å². The molecule has 4 nitrogen and oxygen atoms in total. The molecule has 1 heterocycles. The average molecular weight is 344 g/mol. The summed E-state index contributed by atoms with van der Waals surface area (Å²) in [6.07, 6.45) is 9.40. The number of aliphatic hydroxyl groups is 2. The smallest absolute Gasteiger partial charge is 0.227 e. The summed E-state index contributed by atoms with van der Waals surface area (Å²) in [4.78, 5) is 11.2. The Morgan fingerprint density at radius 3 is 2.52 bits per heavy atom. The summed E-state index contributed by atoms with van der Waals surface area (Å²) in [5, 5.41) is 24.8. The summed E-state index contributed by atoms with van der Waals surface area (Å²) in [5.41, 5.74) is -1.34. The predicted octanol–water partition coefficient (Wildman–Crippen LogP) is 3.02. The van der Waals surface area contributed by atoms with E-state index in [1.54, 1.807) is 6.92 Å². The Balaban J connectivity index is 2.07. The van der Waals surface area contributed by atoms with Crippen molar-refractivity contribution in [2.45, 2.75) is 94.6 Å². The summed E-state index contributed by atoms with van der Waals surface area (Å²) in [5.74, 6) is -0.557. The van der Waals surface area contributed by atoms with Crippen LogP contribution in [0.3, 0.4) is 0 Å². The van der Waals surface area contributed by atoms with Gasteiger partial charge in [-0.05, 0) is 32.1 Å². The van der Waals surface area contributed by atoms with Crippen molar-refractivity contribution in [2.24, 2.45) is 11.8 Å². The number of hydrogen-bond donors (Lipinski definition) is 4. The van der Waals surface area contributed by atoms with Gasteiger partial charge in [-0.25, -0.2) is 0 Å². The van der Waals surface area contributed by atoms with Crippen molar-refractivity contribution in [3.8, 4) is 0 Å². The lowest BCUT2D eigenvalue weighted by atomic mass is 9.75. The van der Waals surface area contributed by atoms with Gasteiger partial charge in [0.2, 0.25) is 5.91 Å². The second kappa shape index (κ2) is 7.75. The van der Waals surface area contributed by atoms with Crippen LogP contribution in [0, 0.1) is 11.8 Å². The second-order valence-electron chi connectivity index (χ2n) is 7.65. The van der Waals surface area contributed by atoms with E-state index >= 15 is 0 Å². The zero-order valence-corrected chi connectivity index (χ0v) is 15.4. The van der Waals surface area contributed by atoms with E-state index < -0.39 is 22.5 Å². The molecule has 0 spiro atoms. The highest BCUT2D eigenvalue weighted by molar-refractivity contribution is 7.82. The highest BCUT2D eigenvalue weighted by atomic mass is 32.1. The Labute approximate surface area is 145 Å². The molecule has 134 valence electrons. The topological polar surface area (TPSA) is 69.6 Å². The van der Waals surface area contributed by atoms with Crippen LogP contribution in [0.4, 0.5) is 0 Å². The molecule has 1 saturated heterocycles. The van der Waals surface area contributed by atoms with Gasteiger partial charge in [0.05, 0.1) is 12.0 Å². The van der Waals surface area contributed by atoms with Crippen LogP contribution >= 0.6 is 12.6 Å². The molecule has 1 saturated carbocycles. The maximum absolute atomic E-state index is 12.4. The number of hydrogen-bond acceptors (Lipinski definition) is 4. The molecule has 2 aliphatic rings. The van der Waals surface area contributed by atoms with Crippen LogP contribution in [0.2, 0.25) is 0 Å². The molecule has 0 aromatic carbocycles. The molecule has 0 aromatic rings. The Kier molecular flexibility index (Phi) is 6.42. The molecule has 4 atom stereocenters. The minimum absolute atomic E-state index is 0.104. The largest absolute Gasteiger partial charge is 0.389 e. The monoisotopic (exact) mass is 343 g/mol. The molecule has 4 unspecified atom stereocenters. The lowest BCUT2D eigenvalue weighted by Crippen LogP contribution is -2.62. The SMILES string of the molecule is CCCCCCC1C(=O)NC(S)(C(O)C2CCCCC2)C1(C)O. The molecule has 5 heteroatoms. The van der Waals surface area contributed by atoms with Gasteiger partial charge >= 0.3 is 0 Å². The maximum atomic E-state index is 12.4. The highest BCUT2D eigenvalue weighted by Gasteiger charge is 2.63. The van der Waals surface area contributed by atoms with Gasteiger partial charge in [0.1, 0.15) is 10.5 Å². The first-order valence-corrected chi connectivity index (χ1v) is 9.74. The van der Waals surface area contributed by atoms with Crippen LogP contribution in [-0.4, -0.2) is 32.7 Å². The van der Waals surface area contributed by atoms with Gasteiger partial charge in [0.15, 0.2) is 0 Å². The van der Waals surface area contributed by atoms with E-state index in [2.05, 4.69) is 24.9 Å². The van der Waals surface area contributed by atoms with E-state index in [1.165, 1.54) is 6.42 Å². The van der Waals surface area contributed by atoms with E-state index in [0.717, 1.165) is 51.4 Å². The third-order valence-electron chi connectivity index (χ3n) is 5.95. The molecule has 3 N–H and O–H groups in total. The number of thiol groups is 1. The van der Waals surface area contributed by atoms with Crippen LogP contribution < -0.4 is 5.32 Å². The first-order chi connectivity index (χ1) is 10.8. The lowest BCUT2D eigenvalue weighted by Gasteiger charge is -2.44. The van der Waals surface area contributed by atoms with Crippen molar-refractivity contribution in [3.05, 3.63) is 0 Å². The third-order valence-corrected chi connectivity index (χ3v) is 6.78. The molecule has 2 rings (SSSR count). The molecule has 1 aliphatic heterocycles. The van der Waals surface area contributed by atoms with Gasteiger partial charge in [-0.15, -0.1) is 12.6 Å². The quantitative estimate of drug-likeness (QED) is 0.424. The number of aliphatic hydroxyl groups excluding tert-OH is 1. The van der Waals surface area contributed by atoms with Crippen molar-refractivity contribution in [3.63, 3.8) is 0 Å². The van der Waals surface area contributed by atoms with Gasteiger partial charge in [-0.1, -0.05) is 51.9 Å². The van der Waals surface area contributed by atoms with Crippen molar-refractivity contribution in [2.75, 3.05) is 0 Å². The first kappa shape index (κ1) is 19.1. The summed E-state index contributed by atoms with van der Waals surface area (Å²) in [7, 11) is 0. The number of nitrogens with one attached hydrogen (secondary N) is 1. The zero-order valence-electron chi connectivity index (χ0n) is 14.6. The molecule has 23 heavy (non-hydrogen) atoms. The number of rotatable bonds is 7. The van der Waals surface area contributed by atoms with Gasteiger partial charge in [0.25, 0.3) is 0 Å². The standard InChI is InChI=1S/C18H33NO3S/c1-3-4-5-9-12-14-16(21)19-18(23,17(14,2)22)15(20)13-10-7-6-8-11-13/h13-15,20,22-23H,3-12H2,1-2H3,(H,19,21). The molecule has 2 fully saturated rings. The molecular formula is C18H33NO3S. The fraction of sp³-hybridized carbons (Fsp3) is 0.944. The summed E-state index contributed by atoms with van der Waals surface area (Å²) in [6, 6.07) is 0. The summed E-state index contributed by atoms with van der Waals surface area (Å²) in [6.45, 7) is 3.81. The van der Waals surface area contributed by atoms with E-state index in [-0.39, 0.29) is 11.8 Å². The first-order valence-electron chi connectivity index (χ1n) is 9.29. The fourth-order valence-electron chi connectivity index (χ4n) is 4.27. The molecule has 1 amide bonds. The van der Waals surface area contributed by atoms with Gasteiger partial charge in [-0.3, -0.25) is 4.79 Å². The van der Waals surface area contributed by atoms with Crippen LogP contribution in [0.25, 0.3) is 0 Å². The van der Waals surface area contributed by atoms with Crippen LogP contribution in [0.15, 0.2) is 0 Å². The number of amides is 1. The van der Waals surface area contributed by atoms with E-state index in [9.17, 15) is 15.0 Å². The fourth-order valence-corrected chi connectivity index (χ4v) is 4.75. The number of carbonyl (C=O) groups excluding carboxylic acids is 1. The van der Waals surface area contributed by atoms with Crippen molar-refractivity contribution in [1.82, 2.24) is 5.32 Å². The van der Waals surface area contributed by atoms with Crippen LogP contribution in [0.5, 0.6) is 0 Å². The maximum Gasteiger partial charge on any atom is 0.227 e. The number of carbonyl (C=O) groups is 1. The van der Waals surface area contributed by atoms with Crippen molar-refractivity contribution in [1.29, 1.82) is 0 Å². The minimum Gasteiger partial charge on any atom is -0.389 e. The van der Waals surface area contributed by atoms with Gasteiger partial charge < -0.3 is 15.5 Å². The Morgan fingerprint density at radius 2 is 1.91 bits per heavy atom. The molecule has 0 bridgehead atoms.